The fourth-order valence-corrected chi connectivity index (χ4v) is 2.97. The number of nitrogens with two attached hydrogens (primary N) is 1. The lowest BCUT2D eigenvalue weighted by molar-refractivity contribution is 0.415. The number of hydrogen-bond donors (Lipinski definition) is 2. The number of benzene rings is 1. The van der Waals surface area contributed by atoms with Crippen LogP contribution < -0.4 is 10.5 Å². The van der Waals surface area contributed by atoms with E-state index >= 15 is 0 Å². The Labute approximate surface area is 120 Å². The summed E-state index contributed by atoms with van der Waals surface area (Å²) in [5.41, 5.74) is 6.74. The molecule has 0 amide bonds. The molecule has 6 nitrogen and oxygen atoms in total. The Hall–Kier alpha value is -1.83. The van der Waals surface area contributed by atoms with Crippen molar-refractivity contribution in [1.82, 2.24) is 4.98 Å². The minimum atomic E-state index is -4.53. The molecule has 0 fully saturated rings. The molecule has 0 spiro atoms. The molecule has 0 unspecified atom stereocenters. The van der Waals surface area contributed by atoms with E-state index in [1.165, 1.54) is 25.4 Å². The summed E-state index contributed by atoms with van der Waals surface area (Å²) in [5, 5.41) is -0.319. The van der Waals surface area contributed by atoms with Crippen LogP contribution in [0.5, 0.6) is 5.75 Å². The third-order valence-corrected chi connectivity index (χ3v) is 4.00. The van der Waals surface area contributed by atoms with Crippen LogP contribution in [0.4, 0.5) is 5.69 Å². The number of hydrogen-bond acceptors (Lipinski definition) is 5. The van der Waals surface area contributed by atoms with Crippen molar-refractivity contribution < 1.29 is 17.7 Å². The summed E-state index contributed by atoms with van der Waals surface area (Å²) in [6.45, 7) is 0. The van der Waals surface area contributed by atoms with E-state index in [1.54, 1.807) is 12.1 Å². The molecule has 3 N–H and O–H groups in total. The summed E-state index contributed by atoms with van der Waals surface area (Å²) >= 11 is 5.76. The lowest BCUT2D eigenvalue weighted by atomic mass is 10.0. The van der Waals surface area contributed by atoms with E-state index in [9.17, 15) is 13.0 Å². The summed E-state index contributed by atoms with van der Waals surface area (Å²) in [6, 6.07) is 6.15. The van der Waals surface area contributed by atoms with Gasteiger partial charge in [-0.3, -0.25) is 4.55 Å². The predicted octanol–water partition coefficient (Wildman–Crippen LogP) is 2.24. The molecule has 0 aliphatic rings. The van der Waals surface area contributed by atoms with Crippen molar-refractivity contribution in [3.05, 3.63) is 35.6 Å². The van der Waals surface area contributed by atoms with E-state index < -0.39 is 15.0 Å². The first-order valence-corrected chi connectivity index (χ1v) is 7.22. The zero-order chi connectivity index (χ0) is 14.9. The van der Waals surface area contributed by atoms with Crippen LogP contribution in [0.25, 0.3) is 11.1 Å². The average molecular weight is 315 g/mol. The van der Waals surface area contributed by atoms with Crippen molar-refractivity contribution in [3.8, 4) is 16.9 Å². The number of anilines is 1. The number of methoxy groups -OCH3 is 1. The van der Waals surface area contributed by atoms with Gasteiger partial charge in [0.25, 0.3) is 10.1 Å². The lowest BCUT2D eigenvalue weighted by Gasteiger charge is -2.11. The highest BCUT2D eigenvalue weighted by atomic mass is 35.5. The van der Waals surface area contributed by atoms with Crippen LogP contribution in [0.3, 0.4) is 0 Å². The summed E-state index contributed by atoms with van der Waals surface area (Å²) in [6.07, 6.45) is 1.33. The topological polar surface area (TPSA) is 103 Å². The molecule has 2 rings (SSSR count). The molecule has 0 aliphatic heterocycles. The smallest absolute Gasteiger partial charge is 0.298 e. The van der Waals surface area contributed by atoms with Crippen LogP contribution in [0.2, 0.25) is 5.15 Å². The minimum absolute atomic E-state index is 0.174. The third kappa shape index (κ3) is 2.69. The number of rotatable bonds is 3. The molecule has 1 aromatic carbocycles. The van der Waals surface area contributed by atoms with Gasteiger partial charge in [0, 0.05) is 29.1 Å². The first kappa shape index (κ1) is 14.6. The van der Waals surface area contributed by atoms with Crippen LogP contribution in [0, 0.1) is 0 Å². The number of nitrogens with zero attached hydrogens (tertiary/aromatic N) is 1. The zero-order valence-electron chi connectivity index (χ0n) is 10.4. The number of pyridine rings is 1. The molecule has 0 bridgehead atoms. The van der Waals surface area contributed by atoms with Crippen molar-refractivity contribution in [3.63, 3.8) is 0 Å². The van der Waals surface area contributed by atoms with Crippen molar-refractivity contribution in [1.29, 1.82) is 0 Å². The van der Waals surface area contributed by atoms with Gasteiger partial charge in [-0.15, -0.1) is 0 Å². The van der Waals surface area contributed by atoms with Gasteiger partial charge in [0.05, 0.1) is 7.11 Å². The molecular formula is C12H11ClN2O4S. The molecule has 2 aromatic rings. The molecule has 1 aromatic heterocycles. The van der Waals surface area contributed by atoms with Gasteiger partial charge in [-0.05, 0) is 18.2 Å². The molecule has 20 heavy (non-hydrogen) atoms. The third-order valence-electron chi connectivity index (χ3n) is 2.67. The zero-order valence-corrected chi connectivity index (χ0v) is 11.9. The Bertz CT molecular complexity index is 762. The highest BCUT2D eigenvalue weighted by Crippen LogP contribution is 2.36. The van der Waals surface area contributed by atoms with E-state index in [2.05, 4.69) is 4.98 Å². The van der Waals surface area contributed by atoms with Gasteiger partial charge in [-0.2, -0.15) is 8.42 Å². The Morgan fingerprint density at radius 1 is 1.30 bits per heavy atom. The average Bonchev–Trinajstić information content (AvgIpc) is 2.36. The number of aromatic nitrogens is 1. The van der Waals surface area contributed by atoms with Gasteiger partial charge in [-0.25, -0.2) is 4.98 Å². The number of ether oxygens (including phenoxy) is 1. The maximum Gasteiger partial charge on any atom is 0.298 e. The van der Waals surface area contributed by atoms with Gasteiger partial charge in [0.15, 0.2) is 5.15 Å². The summed E-state index contributed by atoms with van der Waals surface area (Å²) in [4.78, 5) is 3.18. The number of halogens is 1. The van der Waals surface area contributed by atoms with E-state index in [4.69, 9.17) is 22.1 Å². The van der Waals surface area contributed by atoms with Gasteiger partial charge in [0.2, 0.25) is 0 Å². The second-order valence-corrected chi connectivity index (χ2v) is 5.62. The molecule has 0 saturated heterocycles. The van der Waals surface area contributed by atoms with E-state index in [-0.39, 0.29) is 16.4 Å². The van der Waals surface area contributed by atoms with Gasteiger partial charge >= 0.3 is 0 Å². The van der Waals surface area contributed by atoms with Crippen molar-refractivity contribution in [2.75, 3.05) is 12.8 Å². The molecule has 0 atom stereocenters. The largest absolute Gasteiger partial charge is 0.497 e. The molecule has 0 aliphatic carbocycles. The fraction of sp³-hybridized carbons (Fsp3) is 0.0833. The van der Waals surface area contributed by atoms with Crippen LogP contribution in [-0.2, 0) is 10.1 Å². The SMILES string of the molecule is COc1ccc(-c2ccnc(Cl)c2S(=O)(=O)O)c(N)c1. The molecule has 8 heteroatoms. The summed E-state index contributed by atoms with van der Waals surface area (Å²) < 4.78 is 37.2. The second-order valence-electron chi connectivity index (χ2n) is 3.91. The second kappa shape index (κ2) is 5.28. The molecule has 0 radical (unpaired) electrons. The van der Waals surface area contributed by atoms with Crippen LogP contribution in [0.1, 0.15) is 0 Å². The van der Waals surface area contributed by atoms with Gasteiger partial charge in [0.1, 0.15) is 10.6 Å². The predicted molar refractivity (Wildman–Crippen MR) is 75.5 cm³/mol. The number of nitrogen functional groups attached to an aromatic ring is 1. The normalized spacial score (nSPS) is 11.3. The first-order valence-electron chi connectivity index (χ1n) is 5.40. The lowest BCUT2D eigenvalue weighted by Crippen LogP contribution is -2.04. The van der Waals surface area contributed by atoms with Gasteiger partial charge in [-0.1, -0.05) is 11.6 Å². The Balaban J connectivity index is 2.74. The first-order chi connectivity index (χ1) is 9.34. The Kier molecular flexibility index (Phi) is 3.85. The van der Waals surface area contributed by atoms with Crippen LogP contribution in [0.15, 0.2) is 35.4 Å². The van der Waals surface area contributed by atoms with E-state index in [1.807, 2.05) is 0 Å². The van der Waals surface area contributed by atoms with Crippen LogP contribution >= 0.6 is 11.6 Å². The highest BCUT2D eigenvalue weighted by Gasteiger charge is 2.22. The van der Waals surface area contributed by atoms with Crippen LogP contribution in [-0.4, -0.2) is 25.1 Å². The molecular weight excluding hydrogens is 304 g/mol. The minimum Gasteiger partial charge on any atom is -0.497 e. The monoisotopic (exact) mass is 314 g/mol. The van der Waals surface area contributed by atoms with Crippen molar-refractivity contribution in [2.24, 2.45) is 0 Å². The van der Waals surface area contributed by atoms with Crippen molar-refractivity contribution >= 4 is 27.4 Å². The highest BCUT2D eigenvalue weighted by molar-refractivity contribution is 7.86. The Morgan fingerprint density at radius 3 is 2.55 bits per heavy atom. The Morgan fingerprint density at radius 2 is 2.00 bits per heavy atom. The summed E-state index contributed by atoms with van der Waals surface area (Å²) in [7, 11) is -3.04. The fourth-order valence-electron chi connectivity index (χ4n) is 1.79. The maximum absolute atomic E-state index is 11.4. The van der Waals surface area contributed by atoms with E-state index in [0.29, 0.717) is 11.3 Å². The van der Waals surface area contributed by atoms with Crippen molar-refractivity contribution in [2.45, 2.75) is 4.90 Å². The summed E-state index contributed by atoms with van der Waals surface area (Å²) in [5.74, 6) is 0.528. The molecule has 1 heterocycles. The standard InChI is InChI=1S/C12H11ClN2O4S/c1-19-7-2-3-8(10(14)6-7)9-4-5-15-12(13)11(9)20(16,17)18/h2-6H,14H2,1H3,(H,16,17,18). The molecule has 0 saturated carbocycles. The maximum atomic E-state index is 11.4. The van der Waals surface area contributed by atoms with Gasteiger partial charge < -0.3 is 10.5 Å². The van der Waals surface area contributed by atoms with E-state index in [0.717, 1.165) is 0 Å². The quantitative estimate of drug-likeness (QED) is 0.511. The molecule has 106 valence electrons.